The molecule has 17 heavy (non-hydrogen) atoms. The molecule has 1 saturated heterocycles. The third-order valence-corrected chi connectivity index (χ3v) is 3.05. The molecule has 1 amide bonds. The second kappa shape index (κ2) is 5.27. The molecule has 1 fully saturated rings. The highest BCUT2D eigenvalue weighted by Gasteiger charge is 2.21. The quantitative estimate of drug-likeness (QED) is 0.746. The molecule has 0 aromatic carbocycles. The normalized spacial score (nSPS) is 17.4. The summed E-state index contributed by atoms with van der Waals surface area (Å²) in [4.78, 5) is 20.2. The molecule has 0 unspecified atom stereocenters. The SMILES string of the molecule is CCN1CCN(C(=O)Cc2noc(C)n2)CC1. The molecule has 1 aromatic heterocycles. The zero-order valence-corrected chi connectivity index (χ0v) is 10.3. The van der Waals surface area contributed by atoms with Crippen molar-refractivity contribution < 1.29 is 9.32 Å². The lowest BCUT2D eigenvalue weighted by Gasteiger charge is -2.33. The van der Waals surface area contributed by atoms with E-state index >= 15 is 0 Å². The Morgan fingerprint density at radius 2 is 2.06 bits per heavy atom. The maximum absolute atomic E-state index is 12.0. The van der Waals surface area contributed by atoms with E-state index in [4.69, 9.17) is 4.52 Å². The van der Waals surface area contributed by atoms with Crippen LogP contribution in [0.4, 0.5) is 0 Å². The van der Waals surface area contributed by atoms with E-state index < -0.39 is 0 Å². The summed E-state index contributed by atoms with van der Waals surface area (Å²) < 4.78 is 4.85. The maximum Gasteiger partial charge on any atom is 0.230 e. The Morgan fingerprint density at radius 3 is 2.59 bits per heavy atom. The Labute approximate surface area is 101 Å². The monoisotopic (exact) mass is 238 g/mol. The third-order valence-electron chi connectivity index (χ3n) is 3.05. The molecule has 0 N–H and O–H groups in total. The summed E-state index contributed by atoms with van der Waals surface area (Å²) in [5, 5.41) is 3.74. The Morgan fingerprint density at radius 1 is 1.35 bits per heavy atom. The number of carbonyl (C=O) groups is 1. The van der Waals surface area contributed by atoms with Crippen LogP contribution in [0.25, 0.3) is 0 Å². The molecule has 0 spiro atoms. The summed E-state index contributed by atoms with van der Waals surface area (Å²) in [5.41, 5.74) is 0. The molecule has 0 bridgehead atoms. The minimum absolute atomic E-state index is 0.0848. The fourth-order valence-electron chi connectivity index (χ4n) is 1.97. The molecular formula is C11H18N4O2. The van der Waals surface area contributed by atoms with Crippen molar-refractivity contribution in [2.45, 2.75) is 20.3 Å². The Kier molecular flexibility index (Phi) is 3.73. The predicted molar refractivity (Wildman–Crippen MR) is 61.4 cm³/mol. The van der Waals surface area contributed by atoms with E-state index in [9.17, 15) is 4.79 Å². The average Bonchev–Trinajstić information content (AvgIpc) is 2.75. The molecule has 0 atom stereocenters. The van der Waals surface area contributed by atoms with Crippen LogP contribution in [0.15, 0.2) is 4.52 Å². The number of aromatic nitrogens is 2. The van der Waals surface area contributed by atoms with Gasteiger partial charge in [0.15, 0.2) is 5.82 Å². The number of rotatable bonds is 3. The molecular weight excluding hydrogens is 220 g/mol. The van der Waals surface area contributed by atoms with Crippen molar-refractivity contribution in [2.75, 3.05) is 32.7 Å². The van der Waals surface area contributed by atoms with Gasteiger partial charge in [-0.05, 0) is 6.54 Å². The molecule has 1 aromatic rings. The van der Waals surface area contributed by atoms with Crippen LogP contribution in [-0.4, -0.2) is 58.6 Å². The van der Waals surface area contributed by atoms with Crippen LogP contribution in [-0.2, 0) is 11.2 Å². The van der Waals surface area contributed by atoms with Gasteiger partial charge in [-0.3, -0.25) is 4.79 Å². The zero-order valence-electron chi connectivity index (χ0n) is 10.3. The van der Waals surface area contributed by atoms with Gasteiger partial charge < -0.3 is 14.3 Å². The third kappa shape index (κ3) is 3.03. The van der Waals surface area contributed by atoms with Crippen molar-refractivity contribution in [2.24, 2.45) is 0 Å². The number of carbonyl (C=O) groups excluding carboxylic acids is 1. The summed E-state index contributed by atoms with van der Waals surface area (Å²) in [6.45, 7) is 8.40. The summed E-state index contributed by atoms with van der Waals surface area (Å²) in [5.74, 6) is 1.07. The van der Waals surface area contributed by atoms with Crippen molar-refractivity contribution in [3.05, 3.63) is 11.7 Å². The van der Waals surface area contributed by atoms with Crippen molar-refractivity contribution in [1.29, 1.82) is 0 Å². The van der Waals surface area contributed by atoms with Crippen LogP contribution in [0, 0.1) is 6.92 Å². The number of aryl methyl sites for hydroxylation is 1. The summed E-state index contributed by atoms with van der Waals surface area (Å²) in [6.07, 6.45) is 0.240. The molecule has 1 aliphatic rings. The molecule has 0 aliphatic carbocycles. The summed E-state index contributed by atoms with van der Waals surface area (Å²) in [6, 6.07) is 0. The lowest BCUT2D eigenvalue weighted by molar-refractivity contribution is -0.132. The molecule has 6 nitrogen and oxygen atoms in total. The van der Waals surface area contributed by atoms with Gasteiger partial charge in [0.05, 0.1) is 6.42 Å². The van der Waals surface area contributed by atoms with Crippen LogP contribution >= 0.6 is 0 Å². The molecule has 1 aliphatic heterocycles. The van der Waals surface area contributed by atoms with Gasteiger partial charge in [-0.25, -0.2) is 0 Å². The van der Waals surface area contributed by atoms with Gasteiger partial charge >= 0.3 is 0 Å². The van der Waals surface area contributed by atoms with E-state index in [1.165, 1.54) is 0 Å². The molecule has 6 heteroatoms. The fraction of sp³-hybridized carbons (Fsp3) is 0.727. The van der Waals surface area contributed by atoms with Gasteiger partial charge in [-0.2, -0.15) is 4.98 Å². The predicted octanol–water partition coefficient (Wildman–Crippen LogP) is 0.0846. The molecule has 0 radical (unpaired) electrons. The number of piperazine rings is 1. The van der Waals surface area contributed by atoms with Gasteiger partial charge in [0.2, 0.25) is 11.8 Å². The van der Waals surface area contributed by atoms with Gasteiger partial charge in [0, 0.05) is 33.1 Å². The van der Waals surface area contributed by atoms with Crippen LogP contribution < -0.4 is 0 Å². The Balaban J connectivity index is 1.85. The van der Waals surface area contributed by atoms with Crippen LogP contribution in [0.5, 0.6) is 0 Å². The number of likely N-dealkylation sites (N-methyl/N-ethyl adjacent to an activating group) is 1. The molecule has 94 valence electrons. The van der Waals surface area contributed by atoms with E-state index in [-0.39, 0.29) is 12.3 Å². The lowest BCUT2D eigenvalue weighted by Crippen LogP contribution is -2.49. The topological polar surface area (TPSA) is 62.5 Å². The van der Waals surface area contributed by atoms with Gasteiger partial charge in [-0.15, -0.1) is 0 Å². The summed E-state index contributed by atoms with van der Waals surface area (Å²) >= 11 is 0. The lowest BCUT2D eigenvalue weighted by atomic mass is 10.2. The van der Waals surface area contributed by atoms with Crippen LogP contribution in [0.2, 0.25) is 0 Å². The number of hydrogen-bond donors (Lipinski definition) is 0. The minimum atomic E-state index is 0.0848. The second-order valence-electron chi connectivity index (χ2n) is 4.22. The van der Waals surface area contributed by atoms with Gasteiger partial charge in [0.25, 0.3) is 0 Å². The van der Waals surface area contributed by atoms with Crippen molar-refractivity contribution >= 4 is 5.91 Å². The van der Waals surface area contributed by atoms with Gasteiger partial charge in [0.1, 0.15) is 0 Å². The van der Waals surface area contributed by atoms with E-state index in [1.807, 2.05) is 4.90 Å². The molecule has 0 saturated carbocycles. The second-order valence-corrected chi connectivity index (χ2v) is 4.22. The van der Waals surface area contributed by atoms with Crippen LogP contribution in [0.1, 0.15) is 18.6 Å². The van der Waals surface area contributed by atoms with E-state index in [0.717, 1.165) is 32.7 Å². The Hall–Kier alpha value is -1.43. The highest BCUT2D eigenvalue weighted by atomic mass is 16.5. The zero-order chi connectivity index (χ0) is 12.3. The van der Waals surface area contributed by atoms with Crippen molar-refractivity contribution in [3.63, 3.8) is 0 Å². The molecule has 2 rings (SSSR count). The first-order chi connectivity index (χ1) is 8.19. The largest absolute Gasteiger partial charge is 0.340 e. The van der Waals surface area contributed by atoms with E-state index in [2.05, 4.69) is 22.0 Å². The van der Waals surface area contributed by atoms with Gasteiger partial charge in [-0.1, -0.05) is 12.1 Å². The molecule has 2 heterocycles. The minimum Gasteiger partial charge on any atom is -0.340 e. The number of amides is 1. The van der Waals surface area contributed by atoms with E-state index in [1.54, 1.807) is 6.92 Å². The smallest absolute Gasteiger partial charge is 0.230 e. The average molecular weight is 238 g/mol. The first-order valence-corrected chi connectivity index (χ1v) is 5.98. The van der Waals surface area contributed by atoms with E-state index in [0.29, 0.717) is 11.7 Å². The number of nitrogens with zero attached hydrogens (tertiary/aromatic N) is 4. The summed E-state index contributed by atoms with van der Waals surface area (Å²) in [7, 11) is 0. The van der Waals surface area contributed by atoms with Crippen molar-refractivity contribution in [1.82, 2.24) is 19.9 Å². The first kappa shape index (κ1) is 12.0. The fourth-order valence-corrected chi connectivity index (χ4v) is 1.97. The first-order valence-electron chi connectivity index (χ1n) is 5.98. The van der Waals surface area contributed by atoms with Crippen molar-refractivity contribution in [3.8, 4) is 0 Å². The van der Waals surface area contributed by atoms with Crippen LogP contribution in [0.3, 0.4) is 0 Å². The maximum atomic E-state index is 12.0. The highest BCUT2D eigenvalue weighted by molar-refractivity contribution is 5.78. The Bertz CT molecular complexity index is 383. The standard InChI is InChI=1S/C11H18N4O2/c1-3-14-4-6-15(7-5-14)11(16)8-10-12-9(2)17-13-10/h3-8H2,1-2H3. The highest BCUT2D eigenvalue weighted by Crippen LogP contribution is 2.05. The number of hydrogen-bond acceptors (Lipinski definition) is 5.